The minimum Gasteiger partial charge on any atom is -0.377 e. The van der Waals surface area contributed by atoms with Crippen LogP contribution in [-0.4, -0.2) is 12.7 Å². The molecule has 1 aromatic carbocycles. The van der Waals surface area contributed by atoms with Gasteiger partial charge in [0, 0.05) is 7.11 Å². The number of ether oxygens (including phenoxy) is 1. The number of nitrogens with two attached hydrogens (primary N) is 1. The maximum atomic E-state index is 6.33. The van der Waals surface area contributed by atoms with Crippen LogP contribution in [0.4, 0.5) is 0 Å². The van der Waals surface area contributed by atoms with Gasteiger partial charge in [-0.25, -0.2) is 0 Å². The van der Waals surface area contributed by atoms with Crippen molar-refractivity contribution in [3.8, 4) is 0 Å². The molecule has 0 heterocycles. The van der Waals surface area contributed by atoms with Crippen LogP contribution in [-0.2, 0) is 10.2 Å². The molecule has 0 amide bonds. The Bertz CT molecular complexity index is 371. The average Bonchev–Trinajstić information content (AvgIpc) is 2.36. The average molecular weight is 249 g/mol. The van der Waals surface area contributed by atoms with Crippen LogP contribution in [0, 0.1) is 0 Å². The molecule has 0 spiro atoms. The highest BCUT2D eigenvalue weighted by Crippen LogP contribution is 2.31. The smallest absolute Gasteiger partial charge is 0.0839 e. The van der Waals surface area contributed by atoms with E-state index in [1.807, 2.05) is 0 Å². The predicted molar refractivity (Wildman–Crippen MR) is 77.8 cm³/mol. The first-order valence-corrected chi connectivity index (χ1v) is 6.66. The SMILES string of the molecule is CCC(C)(OC)C(N)c1ccc(C(C)(C)C)cc1. The fraction of sp³-hybridized carbons (Fsp3) is 0.625. The number of hydrogen-bond donors (Lipinski definition) is 1. The molecule has 2 atom stereocenters. The van der Waals surface area contributed by atoms with Crippen molar-refractivity contribution in [3.05, 3.63) is 35.4 Å². The van der Waals surface area contributed by atoms with E-state index >= 15 is 0 Å². The lowest BCUT2D eigenvalue weighted by Crippen LogP contribution is -2.39. The normalized spacial score (nSPS) is 17.3. The molecule has 0 aromatic heterocycles. The second kappa shape index (κ2) is 5.41. The van der Waals surface area contributed by atoms with Gasteiger partial charge in [0.15, 0.2) is 0 Å². The highest BCUT2D eigenvalue weighted by molar-refractivity contribution is 5.30. The monoisotopic (exact) mass is 249 g/mol. The first-order valence-electron chi connectivity index (χ1n) is 6.66. The Morgan fingerprint density at radius 3 is 1.94 bits per heavy atom. The molecule has 0 saturated carbocycles. The van der Waals surface area contributed by atoms with Crippen molar-refractivity contribution < 1.29 is 4.74 Å². The van der Waals surface area contributed by atoms with Gasteiger partial charge in [0.25, 0.3) is 0 Å². The Hall–Kier alpha value is -0.860. The third kappa shape index (κ3) is 3.12. The van der Waals surface area contributed by atoms with Gasteiger partial charge in [-0.2, -0.15) is 0 Å². The molecule has 0 aliphatic heterocycles. The molecule has 0 fully saturated rings. The molecule has 0 saturated heterocycles. The van der Waals surface area contributed by atoms with E-state index in [4.69, 9.17) is 10.5 Å². The summed E-state index contributed by atoms with van der Waals surface area (Å²) in [7, 11) is 1.73. The van der Waals surface area contributed by atoms with Crippen LogP contribution < -0.4 is 5.73 Å². The second-order valence-electron chi connectivity index (χ2n) is 6.22. The van der Waals surface area contributed by atoms with E-state index in [9.17, 15) is 0 Å². The van der Waals surface area contributed by atoms with Crippen LogP contribution in [0.3, 0.4) is 0 Å². The molecule has 2 nitrogen and oxygen atoms in total. The molecular weight excluding hydrogens is 222 g/mol. The van der Waals surface area contributed by atoms with Gasteiger partial charge in [0.05, 0.1) is 11.6 Å². The number of hydrogen-bond acceptors (Lipinski definition) is 2. The first kappa shape index (κ1) is 15.2. The molecule has 2 N–H and O–H groups in total. The van der Waals surface area contributed by atoms with Crippen LogP contribution in [0.15, 0.2) is 24.3 Å². The summed E-state index contributed by atoms with van der Waals surface area (Å²) >= 11 is 0. The van der Waals surface area contributed by atoms with Crippen molar-refractivity contribution >= 4 is 0 Å². The fourth-order valence-electron chi connectivity index (χ4n) is 2.03. The predicted octanol–water partition coefficient (Wildman–Crippen LogP) is 3.80. The maximum absolute atomic E-state index is 6.33. The zero-order valence-corrected chi connectivity index (χ0v) is 12.6. The molecule has 1 rings (SSSR count). The Morgan fingerprint density at radius 1 is 1.11 bits per heavy atom. The van der Waals surface area contributed by atoms with Crippen LogP contribution in [0.5, 0.6) is 0 Å². The number of rotatable bonds is 4. The zero-order valence-electron chi connectivity index (χ0n) is 12.6. The summed E-state index contributed by atoms with van der Waals surface area (Å²) in [5.41, 5.74) is 8.67. The van der Waals surface area contributed by atoms with E-state index in [1.165, 1.54) is 5.56 Å². The number of methoxy groups -OCH3 is 1. The van der Waals surface area contributed by atoms with Crippen LogP contribution >= 0.6 is 0 Å². The molecule has 1 aromatic rings. The summed E-state index contributed by atoms with van der Waals surface area (Å²) in [5.74, 6) is 0. The molecule has 0 aliphatic carbocycles. The van der Waals surface area contributed by atoms with Crippen molar-refractivity contribution in [2.24, 2.45) is 5.73 Å². The highest BCUT2D eigenvalue weighted by Gasteiger charge is 2.30. The summed E-state index contributed by atoms with van der Waals surface area (Å²) in [6.45, 7) is 10.8. The highest BCUT2D eigenvalue weighted by atomic mass is 16.5. The number of benzene rings is 1. The third-order valence-electron chi connectivity index (χ3n) is 3.96. The lowest BCUT2D eigenvalue weighted by molar-refractivity contribution is -0.0194. The summed E-state index contributed by atoms with van der Waals surface area (Å²) in [6.07, 6.45) is 0.895. The Balaban J connectivity index is 2.99. The largest absolute Gasteiger partial charge is 0.377 e. The molecule has 0 radical (unpaired) electrons. The van der Waals surface area contributed by atoms with E-state index < -0.39 is 0 Å². The van der Waals surface area contributed by atoms with Crippen molar-refractivity contribution in [2.45, 2.75) is 58.1 Å². The van der Waals surface area contributed by atoms with E-state index in [1.54, 1.807) is 7.11 Å². The van der Waals surface area contributed by atoms with Gasteiger partial charge >= 0.3 is 0 Å². The lowest BCUT2D eigenvalue weighted by atomic mass is 9.84. The molecule has 102 valence electrons. The van der Waals surface area contributed by atoms with Crippen LogP contribution in [0.25, 0.3) is 0 Å². The van der Waals surface area contributed by atoms with Crippen molar-refractivity contribution in [2.75, 3.05) is 7.11 Å². The topological polar surface area (TPSA) is 35.2 Å². The standard InChI is InChI=1S/C16H27NO/c1-7-16(5,18-6)14(17)12-8-10-13(11-9-12)15(2,3)4/h8-11,14H,7,17H2,1-6H3. The lowest BCUT2D eigenvalue weighted by Gasteiger charge is -2.33. The minimum atomic E-state index is -0.302. The Kier molecular flexibility index (Phi) is 4.57. The van der Waals surface area contributed by atoms with E-state index in [0.717, 1.165) is 12.0 Å². The van der Waals surface area contributed by atoms with Gasteiger partial charge in [-0.05, 0) is 29.9 Å². The summed E-state index contributed by atoms with van der Waals surface area (Å²) < 4.78 is 5.58. The van der Waals surface area contributed by atoms with Crippen molar-refractivity contribution in [3.63, 3.8) is 0 Å². The fourth-order valence-corrected chi connectivity index (χ4v) is 2.03. The van der Waals surface area contributed by atoms with E-state index in [0.29, 0.717) is 0 Å². The third-order valence-corrected chi connectivity index (χ3v) is 3.96. The quantitative estimate of drug-likeness (QED) is 0.881. The molecule has 18 heavy (non-hydrogen) atoms. The van der Waals surface area contributed by atoms with Crippen LogP contribution in [0.1, 0.15) is 58.2 Å². The van der Waals surface area contributed by atoms with Crippen molar-refractivity contribution in [1.29, 1.82) is 0 Å². The molecule has 2 unspecified atom stereocenters. The molecule has 2 heteroatoms. The van der Waals surface area contributed by atoms with Gasteiger partial charge in [-0.15, -0.1) is 0 Å². The second-order valence-corrected chi connectivity index (χ2v) is 6.22. The van der Waals surface area contributed by atoms with Gasteiger partial charge in [-0.3, -0.25) is 0 Å². The van der Waals surface area contributed by atoms with Gasteiger partial charge in [0.1, 0.15) is 0 Å². The van der Waals surface area contributed by atoms with Gasteiger partial charge in [-0.1, -0.05) is 52.0 Å². The Labute approximate surface area is 112 Å². The summed E-state index contributed by atoms with van der Waals surface area (Å²) in [5, 5.41) is 0. The molecular formula is C16H27NO. The van der Waals surface area contributed by atoms with Gasteiger partial charge in [0.2, 0.25) is 0 Å². The maximum Gasteiger partial charge on any atom is 0.0839 e. The molecule has 0 bridgehead atoms. The van der Waals surface area contributed by atoms with Crippen LogP contribution in [0.2, 0.25) is 0 Å². The van der Waals surface area contributed by atoms with Gasteiger partial charge < -0.3 is 10.5 Å². The first-order chi connectivity index (χ1) is 8.24. The minimum absolute atomic E-state index is 0.0958. The summed E-state index contributed by atoms with van der Waals surface area (Å²) in [6, 6.07) is 8.49. The Morgan fingerprint density at radius 2 is 1.61 bits per heavy atom. The van der Waals surface area contributed by atoms with Crippen molar-refractivity contribution in [1.82, 2.24) is 0 Å². The molecule has 0 aliphatic rings. The summed E-state index contributed by atoms with van der Waals surface area (Å²) in [4.78, 5) is 0. The van der Waals surface area contributed by atoms with E-state index in [2.05, 4.69) is 58.9 Å². The van der Waals surface area contributed by atoms with E-state index in [-0.39, 0.29) is 17.1 Å². The zero-order chi connectivity index (χ0) is 14.0.